The number of hydrogen-bond acceptors (Lipinski definition) is 4. The molecule has 21 heavy (non-hydrogen) atoms. The number of thioether (sulfide) groups is 1. The highest BCUT2D eigenvalue weighted by molar-refractivity contribution is 7.99. The average Bonchev–Trinajstić information content (AvgIpc) is 2.86. The molecule has 2 unspecified atom stereocenters. The van der Waals surface area contributed by atoms with E-state index < -0.39 is 0 Å². The molecule has 2 N–H and O–H groups in total. The molecule has 1 aromatic heterocycles. The quantitative estimate of drug-likeness (QED) is 0.896. The van der Waals surface area contributed by atoms with E-state index >= 15 is 0 Å². The van der Waals surface area contributed by atoms with Crippen LogP contribution < -0.4 is 5.32 Å². The molecule has 0 amide bonds. The molecule has 118 valence electrons. The minimum absolute atomic E-state index is 0.165. The lowest BCUT2D eigenvalue weighted by Crippen LogP contribution is -2.48. The van der Waals surface area contributed by atoms with Crippen LogP contribution in [-0.4, -0.2) is 39.0 Å². The van der Waals surface area contributed by atoms with Crippen LogP contribution in [0.2, 0.25) is 0 Å². The summed E-state index contributed by atoms with van der Waals surface area (Å²) in [5.41, 5.74) is 3.07. The van der Waals surface area contributed by atoms with Crippen LogP contribution in [0, 0.1) is 5.41 Å². The highest BCUT2D eigenvalue weighted by Crippen LogP contribution is 2.37. The summed E-state index contributed by atoms with van der Waals surface area (Å²) in [7, 11) is 0. The second kappa shape index (κ2) is 6.31. The Kier molecular flexibility index (Phi) is 4.62. The smallest absolute Gasteiger partial charge is 0.0644 e. The van der Waals surface area contributed by atoms with Crippen molar-refractivity contribution in [1.29, 1.82) is 0 Å². The van der Waals surface area contributed by atoms with Crippen LogP contribution >= 0.6 is 11.8 Å². The van der Waals surface area contributed by atoms with Crippen LogP contribution in [0.3, 0.4) is 0 Å². The number of aliphatic hydroxyl groups excluding tert-OH is 1. The highest BCUT2D eigenvalue weighted by atomic mass is 32.2. The average molecular weight is 309 g/mol. The Hall–Kier alpha value is -0.520. The zero-order chi connectivity index (χ0) is 14.9. The van der Waals surface area contributed by atoms with Gasteiger partial charge in [0.05, 0.1) is 19.3 Å². The molecule has 1 aliphatic carbocycles. The standard InChI is InChI=1S/C16H27N3OS/c1-16(2)6-9-21-11-15(16)18-13-4-3-5-14-12(13)10-17-19(14)7-8-20/h10,13,15,18,20H,3-9,11H2,1-2H3. The molecule has 2 atom stereocenters. The molecule has 1 aliphatic heterocycles. The van der Waals surface area contributed by atoms with Crippen molar-refractivity contribution in [2.24, 2.45) is 5.41 Å². The summed E-state index contributed by atoms with van der Waals surface area (Å²) in [6, 6.07) is 1.01. The first-order valence-electron chi connectivity index (χ1n) is 8.11. The first-order valence-corrected chi connectivity index (χ1v) is 9.26. The van der Waals surface area contributed by atoms with Gasteiger partial charge in [-0.25, -0.2) is 0 Å². The van der Waals surface area contributed by atoms with Crippen molar-refractivity contribution in [3.63, 3.8) is 0 Å². The van der Waals surface area contributed by atoms with Crippen molar-refractivity contribution in [1.82, 2.24) is 15.1 Å². The predicted octanol–water partition coefficient (Wildman–Crippen LogP) is 2.37. The summed E-state index contributed by atoms with van der Waals surface area (Å²) < 4.78 is 1.99. The molecule has 3 rings (SSSR count). The summed E-state index contributed by atoms with van der Waals surface area (Å²) in [6.07, 6.45) is 6.82. The Morgan fingerprint density at radius 3 is 3.14 bits per heavy atom. The second-order valence-electron chi connectivity index (χ2n) is 6.97. The number of nitrogens with one attached hydrogen (secondary N) is 1. The van der Waals surface area contributed by atoms with Crippen LogP contribution in [0.4, 0.5) is 0 Å². The molecule has 2 aliphatic rings. The van der Waals surface area contributed by atoms with Crippen LogP contribution in [0.5, 0.6) is 0 Å². The zero-order valence-corrected chi connectivity index (χ0v) is 14.0. The van der Waals surface area contributed by atoms with Gasteiger partial charge >= 0.3 is 0 Å². The molecule has 0 bridgehead atoms. The van der Waals surface area contributed by atoms with Gasteiger partial charge in [-0.15, -0.1) is 0 Å². The van der Waals surface area contributed by atoms with E-state index in [2.05, 4.69) is 36.0 Å². The Morgan fingerprint density at radius 1 is 1.52 bits per heavy atom. The maximum atomic E-state index is 9.16. The number of aromatic nitrogens is 2. The summed E-state index contributed by atoms with van der Waals surface area (Å²) in [5, 5.41) is 17.6. The molecule has 0 spiro atoms. The van der Waals surface area contributed by atoms with Crippen LogP contribution in [0.25, 0.3) is 0 Å². The van der Waals surface area contributed by atoms with Crippen LogP contribution in [0.1, 0.15) is 50.4 Å². The fourth-order valence-electron chi connectivity index (χ4n) is 3.53. The number of fused-ring (bicyclic) bond motifs is 1. The van der Waals surface area contributed by atoms with Gasteiger partial charge in [-0.05, 0) is 36.9 Å². The van der Waals surface area contributed by atoms with Crippen molar-refractivity contribution in [2.75, 3.05) is 18.1 Å². The number of aliphatic hydroxyl groups is 1. The molecule has 0 aromatic carbocycles. The van der Waals surface area contributed by atoms with E-state index in [4.69, 9.17) is 5.11 Å². The molecule has 4 nitrogen and oxygen atoms in total. The third-order valence-electron chi connectivity index (χ3n) is 5.10. The van der Waals surface area contributed by atoms with Gasteiger partial charge in [0.25, 0.3) is 0 Å². The fourth-order valence-corrected chi connectivity index (χ4v) is 5.15. The van der Waals surface area contributed by atoms with Gasteiger partial charge in [-0.1, -0.05) is 13.8 Å². The molecule has 1 aromatic rings. The lowest BCUT2D eigenvalue weighted by atomic mass is 9.81. The normalized spacial score (nSPS) is 28.3. The Balaban J connectivity index is 1.76. The van der Waals surface area contributed by atoms with E-state index in [1.165, 1.54) is 42.0 Å². The Labute approximate surface area is 131 Å². The Morgan fingerprint density at radius 2 is 2.38 bits per heavy atom. The molecule has 1 fully saturated rings. The predicted molar refractivity (Wildman–Crippen MR) is 87.6 cm³/mol. The SMILES string of the molecule is CC1(C)CCSCC1NC1CCCc2c1cnn2CCO. The molecular weight excluding hydrogens is 282 g/mol. The third-order valence-corrected chi connectivity index (χ3v) is 6.16. The zero-order valence-electron chi connectivity index (χ0n) is 13.1. The molecule has 2 heterocycles. The first-order chi connectivity index (χ1) is 10.1. The van der Waals surface area contributed by atoms with Crippen LogP contribution in [0.15, 0.2) is 6.20 Å². The van der Waals surface area contributed by atoms with Crippen molar-refractivity contribution >= 4 is 11.8 Å². The van der Waals surface area contributed by atoms with Gasteiger partial charge in [-0.3, -0.25) is 4.68 Å². The topological polar surface area (TPSA) is 50.1 Å². The minimum atomic E-state index is 0.165. The van der Waals surface area contributed by atoms with E-state index in [-0.39, 0.29) is 6.61 Å². The molecule has 0 radical (unpaired) electrons. The van der Waals surface area contributed by atoms with E-state index in [0.717, 1.165) is 6.42 Å². The monoisotopic (exact) mass is 309 g/mol. The van der Waals surface area contributed by atoms with Gasteiger partial charge < -0.3 is 10.4 Å². The highest BCUT2D eigenvalue weighted by Gasteiger charge is 2.35. The van der Waals surface area contributed by atoms with Gasteiger partial charge in [0.1, 0.15) is 0 Å². The van der Waals surface area contributed by atoms with Crippen molar-refractivity contribution in [3.05, 3.63) is 17.5 Å². The van der Waals surface area contributed by atoms with Gasteiger partial charge in [0.2, 0.25) is 0 Å². The first kappa shape index (κ1) is 15.4. The number of nitrogens with zero attached hydrogens (tertiary/aromatic N) is 2. The Bertz CT molecular complexity index is 486. The lowest BCUT2D eigenvalue weighted by molar-refractivity contribution is 0.220. The van der Waals surface area contributed by atoms with E-state index in [9.17, 15) is 0 Å². The van der Waals surface area contributed by atoms with Crippen molar-refractivity contribution in [3.8, 4) is 0 Å². The van der Waals surface area contributed by atoms with Gasteiger partial charge in [0.15, 0.2) is 0 Å². The largest absolute Gasteiger partial charge is 0.394 e. The summed E-state index contributed by atoms with van der Waals surface area (Å²) in [6.45, 7) is 5.57. The van der Waals surface area contributed by atoms with Gasteiger partial charge in [0, 0.05) is 29.1 Å². The lowest BCUT2D eigenvalue weighted by Gasteiger charge is -2.41. The third kappa shape index (κ3) is 3.15. The molecule has 1 saturated heterocycles. The van der Waals surface area contributed by atoms with E-state index in [1.807, 2.05) is 10.9 Å². The number of rotatable bonds is 4. The molecular formula is C16H27N3OS. The molecule has 5 heteroatoms. The van der Waals surface area contributed by atoms with E-state index in [1.54, 1.807) is 0 Å². The molecule has 0 saturated carbocycles. The van der Waals surface area contributed by atoms with Crippen molar-refractivity contribution in [2.45, 2.75) is 58.2 Å². The van der Waals surface area contributed by atoms with Crippen LogP contribution in [-0.2, 0) is 13.0 Å². The summed E-state index contributed by atoms with van der Waals surface area (Å²) in [5.74, 6) is 2.50. The maximum absolute atomic E-state index is 9.16. The summed E-state index contributed by atoms with van der Waals surface area (Å²) >= 11 is 2.07. The number of hydrogen-bond donors (Lipinski definition) is 2. The maximum Gasteiger partial charge on any atom is 0.0644 e. The minimum Gasteiger partial charge on any atom is -0.394 e. The van der Waals surface area contributed by atoms with E-state index in [0.29, 0.717) is 24.0 Å². The van der Waals surface area contributed by atoms with Gasteiger partial charge in [-0.2, -0.15) is 16.9 Å². The fraction of sp³-hybridized carbons (Fsp3) is 0.812. The second-order valence-corrected chi connectivity index (χ2v) is 8.12. The van der Waals surface area contributed by atoms with Crippen molar-refractivity contribution < 1.29 is 5.11 Å². The summed E-state index contributed by atoms with van der Waals surface area (Å²) in [4.78, 5) is 0.